The number of fused-ring (bicyclic) bond motifs is 1. The Labute approximate surface area is 73.1 Å². The van der Waals surface area contributed by atoms with E-state index in [0.717, 1.165) is 23.4 Å². The van der Waals surface area contributed by atoms with Gasteiger partial charge in [-0.25, -0.2) is 5.10 Å². The summed E-state index contributed by atoms with van der Waals surface area (Å²) in [5.74, 6) is 0.612. The van der Waals surface area contributed by atoms with Crippen molar-refractivity contribution in [3.63, 3.8) is 0 Å². The Morgan fingerprint density at radius 1 is 1.31 bits per heavy atom. The van der Waals surface area contributed by atoms with Gasteiger partial charge in [-0.1, -0.05) is 6.08 Å². The summed E-state index contributed by atoms with van der Waals surface area (Å²) in [6.45, 7) is 0. The first-order chi connectivity index (χ1) is 6.45. The molecule has 0 atom stereocenters. The highest BCUT2D eigenvalue weighted by Crippen LogP contribution is 2.25. The van der Waals surface area contributed by atoms with Gasteiger partial charge in [0.1, 0.15) is 5.69 Å². The van der Waals surface area contributed by atoms with E-state index in [-0.39, 0.29) is 0 Å². The van der Waals surface area contributed by atoms with E-state index in [1.807, 2.05) is 6.08 Å². The SMILES string of the molecule is C1=Cc2[nH]nc(-c3nnn[nH]3)c2C1. The fourth-order valence-corrected chi connectivity index (χ4v) is 1.47. The van der Waals surface area contributed by atoms with Crippen LogP contribution in [-0.4, -0.2) is 30.8 Å². The van der Waals surface area contributed by atoms with Crippen LogP contribution in [0.25, 0.3) is 17.6 Å². The van der Waals surface area contributed by atoms with Crippen LogP contribution in [0.1, 0.15) is 11.3 Å². The Morgan fingerprint density at radius 2 is 2.31 bits per heavy atom. The Balaban J connectivity index is 2.18. The predicted octanol–water partition coefficient (Wildman–Crippen LogP) is 0.159. The molecule has 2 N–H and O–H groups in total. The van der Waals surface area contributed by atoms with E-state index in [4.69, 9.17) is 0 Å². The zero-order chi connectivity index (χ0) is 8.67. The summed E-state index contributed by atoms with van der Waals surface area (Å²) >= 11 is 0. The Bertz CT molecular complexity index is 451. The predicted molar refractivity (Wildman–Crippen MR) is 44.5 cm³/mol. The second kappa shape index (κ2) is 2.25. The third-order valence-corrected chi connectivity index (χ3v) is 2.08. The average Bonchev–Trinajstić information content (AvgIpc) is 2.79. The first-order valence-corrected chi connectivity index (χ1v) is 3.93. The summed E-state index contributed by atoms with van der Waals surface area (Å²) in [4.78, 5) is 0. The third-order valence-electron chi connectivity index (χ3n) is 2.08. The first-order valence-electron chi connectivity index (χ1n) is 3.93. The molecule has 0 fully saturated rings. The molecule has 0 unspecified atom stereocenters. The molecular weight excluding hydrogens is 168 g/mol. The number of nitrogens with one attached hydrogen (secondary N) is 2. The molecule has 0 spiro atoms. The van der Waals surface area contributed by atoms with Gasteiger partial charge in [0.25, 0.3) is 0 Å². The van der Waals surface area contributed by atoms with Crippen LogP contribution in [0.15, 0.2) is 6.08 Å². The maximum absolute atomic E-state index is 4.13. The van der Waals surface area contributed by atoms with Gasteiger partial charge in [0.15, 0.2) is 5.82 Å². The summed E-state index contributed by atoms with van der Waals surface area (Å²) in [7, 11) is 0. The largest absolute Gasteiger partial charge is 0.277 e. The lowest BCUT2D eigenvalue weighted by Crippen LogP contribution is -1.86. The van der Waals surface area contributed by atoms with Gasteiger partial charge >= 0.3 is 0 Å². The second-order valence-corrected chi connectivity index (χ2v) is 2.82. The molecule has 0 aromatic carbocycles. The number of H-pyrrole nitrogens is 2. The normalized spacial score (nSPS) is 13.5. The minimum Gasteiger partial charge on any atom is -0.277 e. The molecule has 3 rings (SSSR count). The van der Waals surface area contributed by atoms with E-state index < -0.39 is 0 Å². The Morgan fingerprint density at radius 3 is 3.15 bits per heavy atom. The molecule has 6 nitrogen and oxygen atoms in total. The molecule has 0 amide bonds. The van der Waals surface area contributed by atoms with E-state index in [9.17, 15) is 0 Å². The highest BCUT2D eigenvalue weighted by molar-refractivity contribution is 5.67. The van der Waals surface area contributed by atoms with Crippen LogP contribution < -0.4 is 0 Å². The van der Waals surface area contributed by atoms with E-state index in [0.29, 0.717) is 5.82 Å². The van der Waals surface area contributed by atoms with Crippen molar-refractivity contribution in [2.75, 3.05) is 0 Å². The van der Waals surface area contributed by atoms with Crippen LogP contribution in [0.5, 0.6) is 0 Å². The van der Waals surface area contributed by atoms with Crippen molar-refractivity contribution in [1.82, 2.24) is 30.8 Å². The molecule has 1 aliphatic carbocycles. The number of tetrazole rings is 1. The van der Waals surface area contributed by atoms with E-state index in [2.05, 4.69) is 36.9 Å². The zero-order valence-corrected chi connectivity index (χ0v) is 6.65. The van der Waals surface area contributed by atoms with Gasteiger partial charge in [-0.05, 0) is 22.9 Å². The molecular formula is C7H6N6. The lowest BCUT2D eigenvalue weighted by Gasteiger charge is -1.90. The van der Waals surface area contributed by atoms with Gasteiger partial charge in [0, 0.05) is 5.56 Å². The molecule has 0 aliphatic heterocycles. The van der Waals surface area contributed by atoms with Gasteiger partial charge in [-0.15, -0.1) is 5.10 Å². The van der Waals surface area contributed by atoms with Gasteiger partial charge < -0.3 is 0 Å². The number of hydrogen-bond acceptors (Lipinski definition) is 4. The van der Waals surface area contributed by atoms with Crippen LogP contribution in [0.4, 0.5) is 0 Å². The van der Waals surface area contributed by atoms with Crippen molar-refractivity contribution < 1.29 is 0 Å². The summed E-state index contributed by atoms with van der Waals surface area (Å²) < 4.78 is 0. The Kier molecular flexibility index (Phi) is 1.13. The van der Waals surface area contributed by atoms with Crippen molar-refractivity contribution >= 4 is 6.08 Å². The molecule has 1 aliphatic rings. The molecule has 0 bridgehead atoms. The third kappa shape index (κ3) is 0.821. The minimum absolute atomic E-state index is 0.612. The Hall–Kier alpha value is -1.98. The molecule has 13 heavy (non-hydrogen) atoms. The van der Waals surface area contributed by atoms with Crippen LogP contribution in [0, 0.1) is 0 Å². The summed E-state index contributed by atoms with van der Waals surface area (Å²) in [5, 5.41) is 20.6. The maximum Gasteiger partial charge on any atom is 0.200 e. The molecule has 2 heterocycles. The summed E-state index contributed by atoms with van der Waals surface area (Å²) in [6.07, 6.45) is 4.98. The quantitative estimate of drug-likeness (QED) is 0.645. The van der Waals surface area contributed by atoms with Crippen molar-refractivity contribution in [1.29, 1.82) is 0 Å². The number of hydrogen-bond donors (Lipinski definition) is 2. The maximum atomic E-state index is 4.13. The van der Waals surface area contributed by atoms with Gasteiger partial charge in [-0.3, -0.25) is 5.10 Å². The number of rotatable bonds is 1. The molecule has 0 radical (unpaired) electrons. The number of aromatic amines is 2. The summed E-state index contributed by atoms with van der Waals surface area (Å²) in [6, 6.07) is 0. The number of aromatic nitrogens is 6. The topological polar surface area (TPSA) is 83.1 Å². The van der Waals surface area contributed by atoms with E-state index in [1.165, 1.54) is 0 Å². The van der Waals surface area contributed by atoms with Crippen molar-refractivity contribution in [2.45, 2.75) is 6.42 Å². The highest BCUT2D eigenvalue weighted by Gasteiger charge is 2.17. The highest BCUT2D eigenvalue weighted by atomic mass is 15.5. The zero-order valence-electron chi connectivity index (χ0n) is 6.65. The summed E-state index contributed by atoms with van der Waals surface area (Å²) in [5.41, 5.74) is 3.01. The fourth-order valence-electron chi connectivity index (χ4n) is 1.47. The van der Waals surface area contributed by atoms with Gasteiger partial charge in [-0.2, -0.15) is 5.10 Å². The van der Waals surface area contributed by atoms with E-state index in [1.54, 1.807) is 0 Å². The average molecular weight is 174 g/mol. The molecule has 0 saturated carbocycles. The number of allylic oxidation sites excluding steroid dienone is 1. The molecule has 6 heteroatoms. The fraction of sp³-hybridized carbons (Fsp3) is 0.143. The minimum atomic E-state index is 0.612. The smallest absolute Gasteiger partial charge is 0.200 e. The van der Waals surface area contributed by atoms with Crippen LogP contribution >= 0.6 is 0 Å². The first kappa shape index (κ1) is 6.53. The van der Waals surface area contributed by atoms with E-state index >= 15 is 0 Å². The van der Waals surface area contributed by atoms with Crippen molar-refractivity contribution in [3.8, 4) is 11.5 Å². The molecule has 2 aromatic heterocycles. The molecule has 2 aromatic rings. The van der Waals surface area contributed by atoms with Gasteiger partial charge in [0.2, 0.25) is 0 Å². The van der Waals surface area contributed by atoms with Gasteiger partial charge in [0.05, 0.1) is 5.69 Å². The van der Waals surface area contributed by atoms with Crippen LogP contribution in [0.2, 0.25) is 0 Å². The monoisotopic (exact) mass is 174 g/mol. The standard InChI is InChI=1S/C7H6N6/c1-2-4-5(3-1)8-9-6(4)7-10-12-13-11-7/h1,3H,2H2,(H,8,9)(H,10,11,12,13). The lowest BCUT2D eigenvalue weighted by atomic mass is 10.2. The second-order valence-electron chi connectivity index (χ2n) is 2.82. The van der Waals surface area contributed by atoms with Crippen molar-refractivity contribution in [3.05, 3.63) is 17.3 Å². The lowest BCUT2D eigenvalue weighted by molar-refractivity contribution is 0.881. The van der Waals surface area contributed by atoms with Crippen molar-refractivity contribution in [2.24, 2.45) is 0 Å². The van der Waals surface area contributed by atoms with Crippen LogP contribution in [0.3, 0.4) is 0 Å². The molecule has 64 valence electrons. The number of nitrogens with zero attached hydrogens (tertiary/aromatic N) is 4. The molecule has 0 saturated heterocycles. The van der Waals surface area contributed by atoms with Crippen LogP contribution in [-0.2, 0) is 6.42 Å².